The van der Waals surface area contributed by atoms with Crippen molar-refractivity contribution in [1.82, 2.24) is 0 Å². The van der Waals surface area contributed by atoms with Gasteiger partial charge in [0.1, 0.15) is 5.75 Å². The van der Waals surface area contributed by atoms with Crippen LogP contribution in [-0.2, 0) is 0 Å². The molecule has 0 heterocycles. The quantitative estimate of drug-likeness (QED) is 0.449. The van der Waals surface area contributed by atoms with E-state index in [0.717, 1.165) is 0 Å². The van der Waals surface area contributed by atoms with E-state index in [4.69, 9.17) is 36.3 Å². The van der Waals surface area contributed by atoms with E-state index in [1.807, 2.05) is 0 Å². The van der Waals surface area contributed by atoms with E-state index in [1.165, 1.54) is 40.6 Å². The van der Waals surface area contributed by atoms with Gasteiger partial charge in [0, 0.05) is 5.56 Å². The Morgan fingerprint density at radius 2 is 1.50 bits per heavy atom. The van der Waals surface area contributed by atoms with Gasteiger partial charge in [-0.05, 0) is 42.0 Å². The third-order valence-electron chi connectivity index (χ3n) is 3.69. The number of nitrogen functional groups attached to an aromatic ring is 1. The summed E-state index contributed by atoms with van der Waals surface area (Å²) >= 11 is 6.22. The van der Waals surface area contributed by atoms with Crippen molar-refractivity contribution in [3.63, 3.8) is 0 Å². The van der Waals surface area contributed by atoms with Crippen LogP contribution in [0.2, 0.25) is 0 Å². The molecule has 0 saturated heterocycles. The van der Waals surface area contributed by atoms with E-state index < -0.39 is 0 Å². The van der Waals surface area contributed by atoms with Crippen LogP contribution in [-0.4, -0.2) is 34.2 Å². The predicted octanol–water partition coefficient (Wildman–Crippen LogP) is 3.77. The maximum atomic E-state index is 12.5. The molecule has 2 aromatic rings. The first-order chi connectivity index (χ1) is 12.4. The molecule has 0 saturated carbocycles. The minimum atomic E-state index is -0.366. The summed E-state index contributed by atoms with van der Waals surface area (Å²) in [5, 5.41) is 0.0174. The SMILES string of the molecule is COc1ccc(C(=O)C(Cl)=Cc2cc(OC)c(OC)c(OC)c2)cc1N. The van der Waals surface area contributed by atoms with Crippen LogP contribution in [0.25, 0.3) is 6.08 Å². The number of halogens is 1. The van der Waals surface area contributed by atoms with Gasteiger partial charge in [-0.2, -0.15) is 0 Å². The summed E-state index contributed by atoms with van der Waals surface area (Å²) in [7, 11) is 6.04. The Balaban J connectivity index is 2.39. The summed E-state index contributed by atoms with van der Waals surface area (Å²) in [4.78, 5) is 12.5. The minimum Gasteiger partial charge on any atom is -0.495 e. The van der Waals surface area contributed by atoms with Gasteiger partial charge in [0.2, 0.25) is 11.5 Å². The maximum Gasteiger partial charge on any atom is 0.204 e. The van der Waals surface area contributed by atoms with Crippen LogP contribution in [0.5, 0.6) is 23.0 Å². The Hall–Kier alpha value is -2.86. The number of benzene rings is 2. The first kappa shape index (κ1) is 19.5. The number of methoxy groups -OCH3 is 4. The van der Waals surface area contributed by atoms with Crippen molar-refractivity contribution in [1.29, 1.82) is 0 Å². The molecular formula is C19H20ClNO5. The van der Waals surface area contributed by atoms with Crippen molar-refractivity contribution >= 4 is 29.1 Å². The Bertz CT molecular complexity index is 823. The summed E-state index contributed by atoms with van der Waals surface area (Å²) in [5.41, 5.74) is 7.18. The molecule has 0 radical (unpaired) electrons. The molecule has 0 spiro atoms. The van der Waals surface area contributed by atoms with Gasteiger partial charge in [-0.1, -0.05) is 11.6 Å². The van der Waals surface area contributed by atoms with Crippen LogP contribution in [0.15, 0.2) is 35.4 Å². The average Bonchev–Trinajstić information content (AvgIpc) is 2.66. The molecule has 26 heavy (non-hydrogen) atoms. The van der Waals surface area contributed by atoms with Gasteiger partial charge in [0.15, 0.2) is 11.5 Å². The van der Waals surface area contributed by atoms with Crippen LogP contribution in [0.3, 0.4) is 0 Å². The molecule has 6 nitrogen and oxygen atoms in total. The van der Waals surface area contributed by atoms with Gasteiger partial charge in [-0.15, -0.1) is 0 Å². The number of hydrogen-bond donors (Lipinski definition) is 1. The predicted molar refractivity (Wildman–Crippen MR) is 102 cm³/mol. The number of carbonyl (C=O) groups is 1. The Morgan fingerprint density at radius 3 is 1.96 bits per heavy atom. The highest BCUT2D eigenvalue weighted by Crippen LogP contribution is 2.39. The van der Waals surface area contributed by atoms with E-state index in [2.05, 4.69) is 0 Å². The molecule has 2 N–H and O–H groups in total. The summed E-state index contributed by atoms with van der Waals surface area (Å²) in [6.45, 7) is 0. The van der Waals surface area contributed by atoms with Crippen molar-refractivity contribution < 1.29 is 23.7 Å². The average molecular weight is 378 g/mol. The molecule has 0 aliphatic carbocycles. The molecule has 7 heteroatoms. The summed E-state index contributed by atoms with van der Waals surface area (Å²) < 4.78 is 20.9. The van der Waals surface area contributed by atoms with Gasteiger partial charge < -0.3 is 24.7 Å². The van der Waals surface area contributed by atoms with E-state index in [9.17, 15) is 4.79 Å². The molecule has 2 aromatic carbocycles. The van der Waals surface area contributed by atoms with Crippen molar-refractivity contribution in [3.05, 3.63) is 46.5 Å². The lowest BCUT2D eigenvalue weighted by atomic mass is 10.1. The highest BCUT2D eigenvalue weighted by Gasteiger charge is 2.15. The second kappa shape index (κ2) is 8.49. The number of nitrogens with two attached hydrogens (primary N) is 1. The smallest absolute Gasteiger partial charge is 0.204 e. The van der Waals surface area contributed by atoms with Crippen molar-refractivity contribution in [2.24, 2.45) is 0 Å². The first-order valence-corrected chi connectivity index (χ1v) is 7.98. The number of ketones is 1. The number of hydrogen-bond acceptors (Lipinski definition) is 6. The molecule has 2 rings (SSSR count). The molecular weight excluding hydrogens is 358 g/mol. The molecule has 0 aliphatic rings. The first-order valence-electron chi connectivity index (χ1n) is 7.60. The Labute approximate surface area is 157 Å². The zero-order valence-electron chi connectivity index (χ0n) is 15.0. The second-order valence-corrected chi connectivity index (χ2v) is 5.64. The van der Waals surface area contributed by atoms with Gasteiger partial charge in [0.05, 0.1) is 39.2 Å². The number of Topliss-reactive ketones (excluding diaryl/α,β-unsaturated/α-hetero) is 1. The molecule has 0 fully saturated rings. The fourth-order valence-electron chi connectivity index (χ4n) is 2.41. The fraction of sp³-hybridized carbons (Fsp3) is 0.211. The van der Waals surface area contributed by atoms with Gasteiger partial charge in [0.25, 0.3) is 0 Å². The second-order valence-electron chi connectivity index (χ2n) is 5.24. The third kappa shape index (κ3) is 4.03. The van der Waals surface area contributed by atoms with Gasteiger partial charge in [-0.3, -0.25) is 4.79 Å². The lowest BCUT2D eigenvalue weighted by Crippen LogP contribution is -2.02. The number of ether oxygens (including phenoxy) is 4. The normalized spacial score (nSPS) is 11.0. The van der Waals surface area contributed by atoms with Crippen LogP contribution in [0.4, 0.5) is 5.69 Å². The molecule has 0 atom stereocenters. The third-order valence-corrected chi connectivity index (χ3v) is 3.97. The van der Waals surface area contributed by atoms with Gasteiger partial charge >= 0.3 is 0 Å². The highest BCUT2D eigenvalue weighted by atomic mass is 35.5. The topological polar surface area (TPSA) is 80.0 Å². The van der Waals surface area contributed by atoms with Crippen LogP contribution in [0, 0.1) is 0 Å². The zero-order chi connectivity index (χ0) is 19.3. The van der Waals surface area contributed by atoms with Crippen molar-refractivity contribution in [2.45, 2.75) is 0 Å². The summed E-state index contributed by atoms with van der Waals surface area (Å²) in [5.74, 6) is 1.51. The molecule has 138 valence electrons. The van der Waals surface area contributed by atoms with Crippen molar-refractivity contribution in [2.75, 3.05) is 34.2 Å². The maximum absolute atomic E-state index is 12.5. The van der Waals surface area contributed by atoms with Gasteiger partial charge in [-0.25, -0.2) is 0 Å². The zero-order valence-corrected chi connectivity index (χ0v) is 15.7. The van der Waals surface area contributed by atoms with Crippen LogP contribution in [0.1, 0.15) is 15.9 Å². The summed E-state index contributed by atoms with van der Waals surface area (Å²) in [6.07, 6.45) is 1.52. The van der Waals surface area contributed by atoms with Crippen LogP contribution < -0.4 is 24.7 Å². The van der Waals surface area contributed by atoms with E-state index in [1.54, 1.807) is 24.3 Å². The minimum absolute atomic E-state index is 0.0174. The molecule has 0 aromatic heterocycles. The number of rotatable bonds is 7. The Kier molecular flexibility index (Phi) is 6.36. The summed E-state index contributed by atoms with van der Waals surface area (Å²) in [6, 6.07) is 8.13. The fourth-order valence-corrected chi connectivity index (χ4v) is 2.65. The molecule has 0 aliphatic heterocycles. The number of anilines is 1. The number of carbonyl (C=O) groups excluding carboxylic acids is 1. The standard InChI is InChI=1S/C19H20ClNO5/c1-23-15-6-5-12(10-14(15)21)18(22)13(20)7-11-8-16(24-2)19(26-4)17(9-11)25-3/h5-10H,21H2,1-4H3. The number of allylic oxidation sites excluding steroid dienone is 1. The van der Waals surface area contributed by atoms with E-state index in [-0.39, 0.29) is 10.8 Å². The highest BCUT2D eigenvalue weighted by molar-refractivity contribution is 6.47. The van der Waals surface area contributed by atoms with E-state index >= 15 is 0 Å². The lowest BCUT2D eigenvalue weighted by molar-refractivity contribution is 0.104. The molecule has 0 amide bonds. The van der Waals surface area contributed by atoms with E-state index in [0.29, 0.717) is 39.8 Å². The monoisotopic (exact) mass is 377 g/mol. The van der Waals surface area contributed by atoms with Crippen molar-refractivity contribution in [3.8, 4) is 23.0 Å². The largest absolute Gasteiger partial charge is 0.495 e. The van der Waals surface area contributed by atoms with Crippen LogP contribution >= 0.6 is 11.6 Å². The Morgan fingerprint density at radius 1 is 0.923 bits per heavy atom. The molecule has 0 bridgehead atoms. The molecule has 0 unspecified atom stereocenters. The lowest BCUT2D eigenvalue weighted by Gasteiger charge is -2.13.